The normalized spacial score (nSPS) is 28.2. The maximum absolute atomic E-state index is 9.88. The van der Waals surface area contributed by atoms with Gasteiger partial charge >= 0.3 is 0 Å². The van der Waals surface area contributed by atoms with Gasteiger partial charge in [-0.05, 0) is 50.1 Å². The van der Waals surface area contributed by atoms with Gasteiger partial charge < -0.3 is 5.11 Å². The predicted molar refractivity (Wildman–Crippen MR) is 73.5 cm³/mol. The molecule has 2 rings (SSSR count). The molecule has 1 aromatic rings. The summed E-state index contributed by atoms with van der Waals surface area (Å²) in [5.41, 5.74) is 0. The Morgan fingerprint density at radius 1 is 1.59 bits per heavy atom. The van der Waals surface area contributed by atoms with Crippen LogP contribution in [0.3, 0.4) is 0 Å². The van der Waals surface area contributed by atoms with Gasteiger partial charge in [-0.1, -0.05) is 13.0 Å². The zero-order valence-corrected chi connectivity index (χ0v) is 11.6. The van der Waals surface area contributed by atoms with Crippen molar-refractivity contribution in [1.29, 1.82) is 0 Å². The van der Waals surface area contributed by atoms with E-state index >= 15 is 0 Å². The number of rotatable bonds is 4. The minimum atomic E-state index is -0.207. The molecule has 3 heteroatoms. The summed E-state index contributed by atoms with van der Waals surface area (Å²) in [6.45, 7) is 6.46. The molecule has 2 heterocycles. The number of hydrogen-bond donors (Lipinski definition) is 1. The Morgan fingerprint density at radius 3 is 3.06 bits per heavy atom. The quantitative estimate of drug-likeness (QED) is 0.892. The van der Waals surface area contributed by atoms with Gasteiger partial charge in [-0.25, -0.2) is 0 Å². The van der Waals surface area contributed by atoms with E-state index in [2.05, 4.69) is 29.3 Å². The number of aliphatic hydroxyl groups excluding tert-OH is 1. The maximum Gasteiger partial charge on any atom is 0.0667 e. The fraction of sp³-hybridized carbons (Fsp3) is 0.714. The van der Waals surface area contributed by atoms with Crippen LogP contribution in [0, 0.1) is 5.92 Å². The SMILES string of the molecule is C[C@@H]1CCN(CCc2cccs2)[C@H]([C@H](C)O)C1. The molecule has 3 atom stereocenters. The highest BCUT2D eigenvalue weighted by atomic mass is 32.1. The number of nitrogens with zero attached hydrogens (tertiary/aromatic N) is 1. The molecular weight excluding hydrogens is 230 g/mol. The van der Waals surface area contributed by atoms with E-state index in [1.807, 2.05) is 18.3 Å². The molecule has 0 aliphatic carbocycles. The molecule has 2 nitrogen and oxygen atoms in total. The van der Waals surface area contributed by atoms with Crippen LogP contribution in [0.25, 0.3) is 0 Å². The third kappa shape index (κ3) is 3.54. The minimum absolute atomic E-state index is 0.207. The van der Waals surface area contributed by atoms with Crippen LogP contribution in [0.15, 0.2) is 17.5 Å². The molecule has 1 fully saturated rings. The summed E-state index contributed by atoms with van der Waals surface area (Å²) in [4.78, 5) is 3.93. The summed E-state index contributed by atoms with van der Waals surface area (Å²) in [5.74, 6) is 0.757. The largest absolute Gasteiger partial charge is 0.392 e. The molecule has 0 bridgehead atoms. The fourth-order valence-corrected chi connectivity index (χ4v) is 3.42. The topological polar surface area (TPSA) is 23.5 Å². The Bertz CT molecular complexity index is 323. The molecule has 17 heavy (non-hydrogen) atoms. The number of hydrogen-bond acceptors (Lipinski definition) is 3. The van der Waals surface area contributed by atoms with Gasteiger partial charge in [0.25, 0.3) is 0 Å². The van der Waals surface area contributed by atoms with Gasteiger partial charge in [-0.3, -0.25) is 4.90 Å². The van der Waals surface area contributed by atoms with Gasteiger partial charge in [0.05, 0.1) is 6.10 Å². The van der Waals surface area contributed by atoms with E-state index in [0.29, 0.717) is 6.04 Å². The van der Waals surface area contributed by atoms with Crippen molar-refractivity contribution in [2.24, 2.45) is 5.92 Å². The molecule has 1 N–H and O–H groups in total. The van der Waals surface area contributed by atoms with E-state index in [1.54, 1.807) is 0 Å². The van der Waals surface area contributed by atoms with Gasteiger partial charge in [-0.2, -0.15) is 0 Å². The summed E-state index contributed by atoms with van der Waals surface area (Å²) < 4.78 is 0. The smallest absolute Gasteiger partial charge is 0.0667 e. The van der Waals surface area contributed by atoms with Crippen LogP contribution in [0.5, 0.6) is 0 Å². The van der Waals surface area contributed by atoms with Gasteiger partial charge in [0.1, 0.15) is 0 Å². The van der Waals surface area contributed by atoms with Gasteiger partial charge in [-0.15, -0.1) is 11.3 Å². The second kappa shape index (κ2) is 5.98. The molecule has 0 saturated carbocycles. The van der Waals surface area contributed by atoms with E-state index in [4.69, 9.17) is 0 Å². The number of likely N-dealkylation sites (tertiary alicyclic amines) is 1. The van der Waals surface area contributed by atoms with Crippen molar-refractivity contribution in [2.45, 2.75) is 45.3 Å². The second-order valence-corrected chi connectivity index (χ2v) is 6.34. The molecule has 1 saturated heterocycles. The summed E-state index contributed by atoms with van der Waals surface area (Å²) >= 11 is 1.83. The Balaban J connectivity index is 1.89. The second-order valence-electron chi connectivity index (χ2n) is 5.30. The summed E-state index contributed by atoms with van der Waals surface area (Å²) in [6.07, 6.45) is 3.33. The highest BCUT2D eigenvalue weighted by Gasteiger charge is 2.29. The van der Waals surface area contributed by atoms with Crippen LogP contribution in [-0.2, 0) is 6.42 Å². The Labute approximate surface area is 108 Å². The molecule has 0 aromatic carbocycles. The molecule has 1 aromatic heterocycles. The third-order valence-corrected chi connectivity index (χ3v) is 4.74. The van der Waals surface area contributed by atoms with Crippen molar-refractivity contribution in [1.82, 2.24) is 4.90 Å². The van der Waals surface area contributed by atoms with Crippen molar-refractivity contribution in [3.05, 3.63) is 22.4 Å². The molecule has 1 aliphatic heterocycles. The zero-order valence-electron chi connectivity index (χ0n) is 10.8. The Morgan fingerprint density at radius 2 is 2.41 bits per heavy atom. The molecule has 0 spiro atoms. The molecule has 1 aliphatic rings. The van der Waals surface area contributed by atoms with Crippen LogP contribution >= 0.6 is 11.3 Å². The zero-order chi connectivity index (χ0) is 12.3. The van der Waals surface area contributed by atoms with E-state index in [0.717, 1.165) is 31.8 Å². The lowest BCUT2D eigenvalue weighted by Gasteiger charge is -2.40. The van der Waals surface area contributed by atoms with Crippen molar-refractivity contribution in [2.75, 3.05) is 13.1 Å². The Kier molecular flexibility index (Phi) is 4.60. The number of piperidine rings is 1. The first kappa shape index (κ1) is 13.1. The van der Waals surface area contributed by atoms with Gasteiger partial charge in [0.15, 0.2) is 0 Å². The van der Waals surface area contributed by atoms with Gasteiger partial charge in [0.2, 0.25) is 0 Å². The van der Waals surface area contributed by atoms with E-state index in [9.17, 15) is 5.11 Å². The van der Waals surface area contributed by atoms with Crippen LogP contribution in [0.1, 0.15) is 31.6 Å². The first-order valence-electron chi connectivity index (χ1n) is 6.61. The summed E-state index contributed by atoms with van der Waals surface area (Å²) in [5, 5.41) is 12.0. The van der Waals surface area contributed by atoms with Crippen molar-refractivity contribution >= 4 is 11.3 Å². The van der Waals surface area contributed by atoms with Crippen molar-refractivity contribution in [3.63, 3.8) is 0 Å². The lowest BCUT2D eigenvalue weighted by atomic mass is 9.89. The standard InChI is InChI=1S/C14H23NOS/c1-11-5-7-15(14(10-11)12(2)16)8-6-13-4-3-9-17-13/h3-4,9,11-12,14,16H,5-8,10H2,1-2H3/t11-,12+,14+/m1/s1. The summed E-state index contributed by atoms with van der Waals surface area (Å²) in [6, 6.07) is 4.68. The van der Waals surface area contributed by atoms with Crippen LogP contribution in [0.2, 0.25) is 0 Å². The average Bonchev–Trinajstić information content (AvgIpc) is 2.80. The highest BCUT2D eigenvalue weighted by Crippen LogP contribution is 2.25. The van der Waals surface area contributed by atoms with Gasteiger partial charge in [0, 0.05) is 17.5 Å². The molecule has 0 radical (unpaired) electrons. The van der Waals surface area contributed by atoms with E-state index < -0.39 is 0 Å². The van der Waals surface area contributed by atoms with Crippen LogP contribution in [0.4, 0.5) is 0 Å². The third-order valence-electron chi connectivity index (χ3n) is 3.80. The average molecular weight is 253 g/mol. The molecule has 0 amide bonds. The lowest BCUT2D eigenvalue weighted by molar-refractivity contribution is 0.0219. The first-order chi connectivity index (χ1) is 8.16. The monoisotopic (exact) mass is 253 g/mol. The van der Waals surface area contributed by atoms with E-state index in [-0.39, 0.29) is 6.10 Å². The first-order valence-corrected chi connectivity index (χ1v) is 7.49. The lowest BCUT2D eigenvalue weighted by Crippen LogP contribution is -2.48. The van der Waals surface area contributed by atoms with Crippen LogP contribution < -0.4 is 0 Å². The maximum atomic E-state index is 9.88. The summed E-state index contributed by atoms with van der Waals surface area (Å²) in [7, 11) is 0. The molecule has 0 unspecified atom stereocenters. The fourth-order valence-electron chi connectivity index (χ4n) is 2.72. The van der Waals surface area contributed by atoms with Crippen molar-refractivity contribution < 1.29 is 5.11 Å². The minimum Gasteiger partial charge on any atom is -0.392 e. The predicted octanol–water partition coefficient (Wildman–Crippen LogP) is 2.77. The number of thiophene rings is 1. The highest BCUT2D eigenvalue weighted by molar-refractivity contribution is 7.09. The van der Waals surface area contributed by atoms with Crippen LogP contribution in [-0.4, -0.2) is 35.2 Å². The van der Waals surface area contributed by atoms with E-state index in [1.165, 1.54) is 11.3 Å². The molecular formula is C14H23NOS. The molecule has 96 valence electrons. The number of aliphatic hydroxyl groups is 1. The van der Waals surface area contributed by atoms with Crippen molar-refractivity contribution in [3.8, 4) is 0 Å². The Hall–Kier alpha value is -0.380.